The Balaban J connectivity index is 5.73. The van der Waals surface area contributed by atoms with Gasteiger partial charge in [-0.15, -0.1) is 0 Å². The molecule has 0 radical (unpaired) electrons. The third kappa shape index (κ3) is 4.63. The largest absolute Gasteiger partial charge is 0.461 e. The van der Waals surface area contributed by atoms with Crippen molar-refractivity contribution in [3.05, 3.63) is 0 Å². The molecule has 0 fully saturated rings. The molecular formula is C17H31F3O2. The molecule has 22 heavy (non-hydrogen) atoms. The van der Waals surface area contributed by atoms with E-state index in [9.17, 15) is 18.0 Å². The molecule has 0 amide bonds. The van der Waals surface area contributed by atoms with Gasteiger partial charge in [-0.05, 0) is 30.1 Å². The SMILES string of the molecule is CC(C)CC(C(=O)OC(C(C)C)C(C)C)(C(C)C)C(F)(F)F. The van der Waals surface area contributed by atoms with Crippen molar-refractivity contribution in [3.8, 4) is 0 Å². The Kier molecular flexibility index (Phi) is 7.43. The molecule has 0 saturated carbocycles. The van der Waals surface area contributed by atoms with E-state index in [-0.39, 0.29) is 24.2 Å². The van der Waals surface area contributed by atoms with E-state index in [0.29, 0.717) is 0 Å². The maximum absolute atomic E-state index is 13.8. The van der Waals surface area contributed by atoms with Crippen molar-refractivity contribution in [3.63, 3.8) is 0 Å². The summed E-state index contributed by atoms with van der Waals surface area (Å²) >= 11 is 0. The number of esters is 1. The average Bonchev–Trinajstić information content (AvgIpc) is 2.29. The molecule has 0 spiro atoms. The number of hydrogen-bond acceptors (Lipinski definition) is 2. The smallest absolute Gasteiger partial charge is 0.405 e. The molecule has 0 rings (SSSR count). The number of hydrogen-bond donors (Lipinski definition) is 0. The lowest BCUT2D eigenvalue weighted by Crippen LogP contribution is -2.52. The summed E-state index contributed by atoms with van der Waals surface area (Å²) in [5.41, 5.74) is -2.44. The minimum Gasteiger partial charge on any atom is -0.461 e. The van der Waals surface area contributed by atoms with Gasteiger partial charge >= 0.3 is 12.1 Å². The van der Waals surface area contributed by atoms with Gasteiger partial charge in [-0.25, -0.2) is 0 Å². The fourth-order valence-electron chi connectivity index (χ4n) is 3.03. The molecule has 132 valence electrons. The van der Waals surface area contributed by atoms with E-state index in [1.54, 1.807) is 13.8 Å². The van der Waals surface area contributed by atoms with Crippen LogP contribution in [0.4, 0.5) is 13.2 Å². The van der Waals surface area contributed by atoms with Gasteiger partial charge in [0.15, 0.2) is 5.41 Å². The molecule has 0 aliphatic carbocycles. The van der Waals surface area contributed by atoms with Gasteiger partial charge in [0.05, 0.1) is 0 Å². The van der Waals surface area contributed by atoms with Gasteiger partial charge in [0.25, 0.3) is 0 Å². The minimum absolute atomic E-state index is 0.0268. The zero-order valence-corrected chi connectivity index (χ0v) is 15.0. The number of halogens is 3. The summed E-state index contributed by atoms with van der Waals surface area (Å²) in [4.78, 5) is 12.6. The van der Waals surface area contributed by atoms with Crippen molar-refractivity contribution in [2.45, 2.75) is 74.1 Å². The maximum Gasteiger partial charge on any atom is 0.405 e. The van der Waals surface area contributed by atoms with E-state index in [1.165, 1.54) is 13.8 Å². The highest BCUT2D eigenvalue weighted by molar-refractivity contribution is 5.78. The summed E-state index contributed by atoms with van der Waals surface area (Å²) in [6.07, 6.45) is -5.39. The lowest BCUT2D eigenvalue weighted by molar-refractivity contribution is -0.255. The minimum atomic E-state index is -4.62. The molecule has 1 unspecified atom stereocenters. The van der Waals surface area contributed by atoms with Gasteiger partial charge in [-0.3, -0.25) is 4.79 Å². The van der Waals surface area contributed by atoms with Crippen LogP contribution in [0.25, 0.3) is 0 Å². The molecule has 0 heterocycles. The molecule has 1 atom stereocenters. The van der Waals surface area contributed by atoms with Gasteiger partial charge in [0, 0.05) is 0 Å². The van der Waals surface area contributed by atoms with Gasteiger partial charge in [-0.2, -0.15) is 13.2 Å². The lowest BCUT2D eigenvalue weighted by atomic mass is 9.70. The van der Waals surface area contributed by atoms with Crippen molar-refractivity contribution < 1.29 is 22.7 Å². The van der Waals surface area contributed by atoms with Crippen LogP contribution in [0.1, 0.15) is 61.8 Å². The molecule has 0 aromatic heterocycles. The highest BCUT2D eigenvalue weighted by Gasteiger charge is 2.63. The normalized spacial score (nSPS) is 16.0. The van der Waals surface area contributed by atoms with Crippen LogP contribution < -0.4 is 0 Å². The second-order valence-electron chi connectivity index (χ2n) is 7.58. The third-order valence-corrected chi connectivity index (χ3v) is 4.14. The summed E-state index contributed by atoms with van der Waals surface area (Å²) in [6.45, 7) is 13.7. The quantitative estimate of drug-likeness (QED) is 0.581. The molecular weight excluding hydrogens is 293 g/mol. The van der Waals surface area contributed by atoms with Crippen molar-refractivity contribution >= 4 is 5.97 Å². The zero-order chi connectivity index (χ0) is 17.9. The van der Waals surface area contributed by atoms with E-state index in [0.717, 1.165) is 0 Å². The van der Waals surface area contributed by atoms with Crippen molar-refractivity contribution in [2.75, 3.05) is 0 Å². The maximum atomic E-state index is 13.8. The predicted molar refractivity (Wildman–Crippen MR) is 82.3 cm³/mol. The van der Waals surface area contributed by atoms with Crippen LogP contribution >= 0.6 is 0 Å². The Bertz CT molecular complexity index is 351. The molecule has 0 aliphatic rings. The van der Waals surface area contributed by atoms with E-state index in [2.05, 4.69) is 0 Å². The molecule has 2 nitrogen and oxygen atoms in total. The molecule has 0 aliphatic heterocycles. The van der Waals surface area contributed by atoms with Gasteiger partial charge in [-0.1, -0.05) is 55.4 Å². The molecule has 0 saturated heterocycles. The second-order valence-corrected chi connectivity index (χ2v) is 7.58. The predicted octanol–water partition coefficient (Wildman–Crippen LogP) is 5.46. The van der Waals surface area contributed by atoms with Crippen LogP contribution in [0.5, 0.6) is 0 Å². The fraction of sp³-hybridized carbons (Fsp3) is 0.941. The van der Waals surface area contributed by atoms with Crippen LogP contribution in [-0.2, 0) is 9.53 Å². The first kappa shape index (κ1) is 21.3. The van der Waals surface area contributed by atoms with Gasteiger partial charge in [0.2, 0.25) is 0 Å². The standard InChI is InChI=1S/C17H31F3O2/c1-10(2)9-16(13(7)8,17(18,19)20)15(21)22-14(11(3)4)12(5)6/h10-14H,9H2,1-8H3. The van der Waals surface area contributed by atoms with Crippen molar-refractivity contribution in [1.82, 2.24) is 0 Å². The van der Waals surface area contributed by atoms with Crippen LogP contribution in [0, 0.1) is 29.1 Å². The third-order valence-electron chi connectivity index (χ3n) is 4.14. The Morgan fingerprint density at radius 3 is 1.55 bits per heavy atom. The molecule has 5 heteroatoms. The van der Waals surface area contributed by atoms with Crippen molar-refractivity contribution in [2.24, 2.45) is 29.1 Å². The Morgan fingerprint density at radius 2 is 1.32 bits per heavy atom. The van der Waals surface area contributed by atoms with Crippen LogP contribution in [0.2, 0.25) is 0 Å². The number of alkyl halides is 3. The number of carbonyl (C=O) groups excluding carboxylic acids is 1. The molecule has 0 bridgehead atoms. The van der Waals surface area contributed by atoms with E-state index < -0.39 is 29.6 Å². The van der Waals surface area contributed by atoms with Crippen molar-refractivity contribution in [1.29, 1.82) is 0 Å². The van der Waals surface area contributed by atoms with E-state index in [1.807, 2.05) is 27.7 Å². The summed E-state index contributed by atoms with van der Waals surface area (Å²) in [7, 11) is 0. The number of carbonyl (C=O) groups is 1. The summed E-state index contributed by atoms with van der Waals surface area (Å²) < 4.78 is 46.7. The van der Waals surface area contributed by atoms with Crippen LogP contribution in [-0.4, -0.2) is 18.2 Å². The summed E-state index contributed by atoms with van der Waals surface area (Å²) in [5, 5.41) is 0. The van der Waals surface area contributed by atoms with E-state index in [4.69, 9.17) is 4.74 Å². The van der Waals surface area contributed by atoms with E-state index >= 15 is 0 Å². The van der Waals surface area contributed by atoms with Gasteiger partial charge in [0.1, 0.15) is 6.10 Å². The lowest BCUT2D eigenvalue weighted by Gasteiger charge is -2.40. The first-order valence-electron chi connectivity index (χ1n) is 8.05. The van der Waals surface area contributed by atoms with Crippen LogP contribution in [0.3, 0.4) is 0 Å². The Hall–Kier alpha value is -0.740. The molecule has 0 N–H and O–H groups in total. The molecule has 0 aromatic rings. The monoisotopic (exact) mass is 324 g/mol. The Labute approximate surface area is 132 Å². The summed E-state index contributed by atoms with van der Waals surface area (Å²) in [6, 6.07) is 0. The number of rotatable bonds is 7. The summed E-state index contributed by atoms with van der Waals surface area (Å²) in [5.74, 6) is -2.31. The van der Waals surface area contributed by atoms with Gasteiger partial charge < -0.3 is 4.74 Å². The van der Waals surface area contributed by atoms with Crippen LogP contribution in [0.15, 0.2) is 0 Å². The highest BCUT2D eigenvalue weighted by atomic mass is 19.4. The second kappa shape index (κ2) is 7.69. The topological polar surface area (TPSA) is 26.3 Å². The number of ether oxygens (including phenoxy) is 1. The fourth-order valence-corrected chi connectivity index (χ4v) is 3.03. The molecule has 0 aromatic carbocycles. The zero-order valence-electron chi connectivity index (χ0n) is 15.0. The highest BCUT2D eigenvalue weighted by Crippen LogP contribution is 2.50. The first-order valence-corrected chi connectivity index (χ1v) is 8.05. The Morgan fingerprint density at radius 1 is 0.909 bits per heavy atom. The average molecular weight is 324 g/mol. The first-order chi connectivity index (χ1) is 9.77.